The molecule has 0 bridgehead atoms. The number of benzene rings is 1. The topological polar surface area (TPSA) is 35.2 Å². The second kappa shape index (κ2) is 3.67. The van der Waals surface area contributed by atoms with Crippen LogP contribution in [-0.4, -0.2) is 12.6 Å². The van der Waals surface area contributed by atoms with E-state index in [1.165, 1.54) is 6.07 Å². The smallest absolute Gasteiger partial charge is 0.129 e. The molecular formula is C11H14FNO. The van der Waals surface area contributed by atoms with Gasteiger partial charge in [-0.15, -0.1) is 0 Å². The molecule has 0 amide bonds. The molecule has 0 saturated heterocycles. The molecule has 0 aliphatic carbocycles. The van der Waals surface area contributed by atoms with E-state index in [2.05, 4.69) is 0 Å². The van der Waals surface area contributed by atoms with Crippen LogP contribution in [0.15, 0.2) is 18.2 Å². The predicted molar refractivity (Wildman–Crippen MR) is 52.4 cm³/mol. The molecule has 0 unspecified atom stereocenters. The summed E-state index contributed by atoms with van der Waals surface area (Å²) in [6.07, 6.45) is 0.482. The van der Waals surface area contributed by atoms with E-state index in [0.717, 1.165) is 12.0 Å². The zero-order valence-corrected chi connectivity index (χ0v) is 8.16. The molecule has 0 aromatic heterocycles. The SMILES string of the molecule is C[C@@H](N)[C@@H]1OCCc2cccc(F)c21. The van der Waals surface area contributed by atoms with Gasteiger partial charge in [0.15, 0.2) is 0 Å². The zero-order chi connectivity index (χ0) is 10.1. The fraction of sp³-hybridized carbons (Fsp3) is 0.455. The van der Waals surface area contributed by atoms with Crippen LogP contribution >= 0.6 is 0 Å². The average molecular weight is 195 g/mol. The Morgan fingerprint density at radius 1 is 1.57 bits per heavy atom. The number of halogens is 1. The molecule has 1 aliphatic heterocycles. The van der Waals surface area contributed by atoms with Crippen molar-refractivity contribution < 1.29 is 9.13 Å². The highest BCUT2D eigenvalue weighted by Crippen LogP contribution is 2.30. The lowest BCUT2D eigenvalue weighted by molar-refractivity contribution is 0.0257. The van der Waals surface area contributed by atoms with E-state index >= 15 is 0 Å². The van der Waals surface area contributed by atoms with Gasteiger partial charge in [0.2, 0.25) is 0 Å². The number of hydrogen-bond donors (Lipinski definition) is 1. The van der Waals surface area contributed by atoms with Gasteiger partial charge < -0.3 is 10.5 Å². The average Bonchev–Trinajstić information content (AvgIpc) is 2.17. The predicted octanol–water partition coefficient (Wildman–Crippen LogP) is 1.79. The molecule has 0 fully saturated rings. The van der Waals surface area contributed by atoms with Crippen molar-refractivity contribution in [3.63, 3.8) is 0 Å². The van der Waals surface area contributed by atoms with Crippen LogP contribution in [-0.2, 0) is 11.2 Å². The first-order chi connectivity index (χ1) is 6.70. The van der Waals surface area contributed by atoms with Crippen molar-refractivity contribution in [2.75, 3.05) is 6.61 Å². The first-order valence-electron chi connectivity index (χ1n) is 4.84. The van der Waals surface area contributed by atoms with Crippen LogP contribution in [0.25, 0.3) is 0 Å². The molecule has 14 heavy (non-hydrogen) atoms. The van der Waals surface area contributed by atoms with E-state index in [-0.39, 0.29) is 18.0 Å². The lowest BCUT2D eigenvalue weighted by Gasteiger charge is -2.28. The van der Waals surface area contributed by atoms with Crippen LogP contribution in [0.2, 0.25) is 0 Å². The normalized spacial score (nSPS) is 22.9. The molecule has 2 nitrogen and oxygen atoms in total. The minimum absolute atomic E-state index is 0.175. The summed E-state index contributed by atoms with van der Waals surface area (Å²) in [5.41, 5.74) is 7.43. The summed E-state index contributed by atoms with van der Waals surface area (Å²) < 4.78 is 19.0. The number of fused-ring (bicyclic) bond motifs is 1. The Kier molecular flexibility index (Phi) is 2.52. The van der Waals surface area contributed by atoms with Crippen LogP contribution in [0.1, 0.15) is 24.2 Å². The third-order valence-corrected chi connectivity index (χ3v) is 2.57. The molecule has 1 aromatic carbocycles. The van der Waals surface area contributed by atoms with Gasteiger partial charge in [0.05, 0.1) is 6.61 Å². The van der Waals surface area contributed by atoms with Crippen LogP contribution < -0.4 is 5.73 Å². The number of nitrogens with two attached hydrogens (primary N) is 1. The quantitative estimate of drug-likeness (QED) is 0.741. The Morgan fingerprint density at radius 2 is 2.36 bits per heavy atom. The van der Waals surface area contributed by atoms with E-state index in [1.807, 2.05) is 13.0 Å². The highest BCUT2D eigenvalue weighted by molar-refractivity contribution is 5.33. The maximum Gasteiger partial charge on any atom is 0.129 e. The summed E-state index contributed by atoms with van der Waals surface area (Å²) in [5, 5.41) is 0. The summed E-state index contributed by atoms with van der Waals surface area (Å²) in [6, 6.07) is 4.96. The Balaban J connectivity index is 2.47. The summed E-state index contributed by atoms with van der Waals surface area (Å²) in [4.78, 5) is 0. The number of ether oxygens (including phenoxy) is 1. The van der Waals surface area contributed by atoms with Crippen molar-refractivity contribution in [3.8, 4) is 0 Å². The van der Waals surface area contributed by atoms with E-state index in [0.29, 0.717) is 12.2 Å². The fourth-order valence-corrected chi connectivity index (χ4v) is 1.91. The molecular weight excluding hydrogens is 181 g/mol. The monoisotopic (exact) mass is 195 g/mol. The van der Waals surface area contributed by atoms with Crippen molar-refractivity contribution in [1.29, 1.82) is 0 Å². The summed E-state index contributed by atoms with van der Waals surface area (Å²) in [6.45, 7) is 2.47. The summed E-state index contributed by atoms with van der Waals surface area (Å²) >= 11 is 0. The van der Waals surface area contributed by atoms with Crippen LogP contribution in [0, 0.1) is 5.82 Å². The van der Waals surface area contributed by atoms with Crippen molar-refractivity contribution in [2.24, 2.45) is 5.73 Å². The number of rotatable bonds is 1. The van der Waals surface area contributed by atoms with E-state index < -0.39 is 0 Å². The molecule has 3 heteroatoms. The fourth-order valence-electron chi connectivity index (χ4n) is 1.91. The van der Waals surface area contributed by atoms with Crippen LogP contribution in [0.4, 0.5) is 4.39 Å². The van der Waals surface area contributed by atoms with Gasteiger partial charge in [-0.25, -0.2) is 4.39 Å². The third kappa shape index (κ3) is 1.53. The maximum absolute atomic E-state index is 13.5. The van der Waals surface area contributed by atoms with Gasteiger partial charge in [-0.3, -0.25) is 0 Å². The second-order valence-corrected chi connectivity index (χ2v) is 3.71. The molecule has 2 atom stereocenters. The number of hydrogen-bond acceptors (Lipinski definition) is 2. The molecule has 1 aliphatic rings. The molecule has 1 aromatic rings. The molecule has 0 saturated carbocycles. The van der Waals surface area contributed by atoms with Gasteiger partial charge in [-0.1, -0.05) is 12.1 Å². The lowest BCUT2D eigenvalue weighted by atomic mass is 9.94. The molecule has 2 rings (SSSR count). The van der Waals surface area contributed by atoms with Gasteiger partial charge in [0.1, 0.15) is 11.9 Å². The standard InChI is InChI=1S/C11H14FNO/c1-7(13)11-10-8(5-6-14-11)3-2-4-9(10)12/h2-4,7,11H,5-6,13H2,1H3/t7-,11+/m1/s1. The Labute approximate surface area is 82.9 Å². The van der Waals surface area contributed by atoms with Crippen molar-refractivity contribution in [2.45, 2.75) is 25.5 Å². The lowest BCUT2D eigenvalue weighted by Crippen LogP contribution is -2.31. The largest absolute Gasteiger partial charge is 0.371 e. The summed E-state index contributed by atoms with van der Waals surface area (Å²) in [7, 11) is 0. The van der Waals surface area contributed by atoms with E-state index in [4.69, 9.17) is 10.5 Å². The first kappa shape index (κ1) is 9.62. The molecule has 2 N–H and O–H groups in total. The molecule has 0 spiro atoms. The van der Waals surface area contributed by atoms with Gasteiger partial charge >= 0.3 is 0 Å². The maximum atomic E-state index is 13.5. The van der Waals surface area contributed by atoms with Gasteiger partial charge in [0.25, 0.3) is 0 Å². The molecule has 1 heterocycles. The van der Waals surface area contributed by atoms with E-state index in [1.54, 1.807) is 6.07 Å². The highest BCUT2D eigenvalue weighted by atomic mass is 19.1. The Bertz CT molecular complexity index is 338. The highest BCUT2D eigenvalue weighted by Gasteiger charge is 2.26. The Morgan fingerprint density at radius 3 is 3.07 bits per heavy atom. The Hall–Kier alpha value is -0.930. The minimum Gasteiger partial charge on any atom is -0.371 e. The van der Waals surface area contributed by atoms with E-state index in [9.17, 15) is 4.39 Å². The van der Waals surface area contributed by atoms with Crippen molar-refractivity contribution in [1.82, 2.24) is 0 Å². The van der Waals surface area contributed by atoms with Crippen LogP contribution in [0.5, 0.6) is 0 Å². The van der Waals surface area contributed by atoms with Gasteiger partial charge in [-0.05, 0) is 25.0 Å². The van der Waals surface area contributed by atoms with Crippen molar-refractivity contribution >= 4 is 0 Å². The minimum atomic E-state index is -0.292. The van der Waals surface area contributed by atoms with Crippen molar-refractivity contribution in [3.05, 3.63) is 35.1 Å². The molecule has 0 radical (unpaired) electrons. The summed E-state index contributed by atoms with van der Waals surface area (Å²) in [5.74, 6) is -0.204. The van der Waals surface area contributed by atoms with Crippen LogP contribution in [0.3, 0.4) is 0 Å². The molecule has 76 valence electrons. The third-order valence-electron chi connectivity index (χ3n) is 2.57. The van der Waals surface area contributed by atoms with Gasteiger partial charge in [-0.2, -0.15) is 0 Å². The first-order valence-corrected chi connectivity index (χ1v) is 4.84. The zero-order valence-electron chi connectivity index (χ0n) is 8.16. The van der Waals surface area contributed by atoms with Gasteiger partial charge in [0, 0.05) is 11.6 Å². The second-order valence-electron chi connectivity index (χ2n) is 3.71.